The van der Waals surface area contributed by atoms with Gasteiger partial charge in [0.25, 0.3) is 5.56 Å². The van der Waals surface area contributed by atoms with Gasteiger partial charge in [0.15, 0.2) is 0 Å². The first-order valence-corrected chi connectivity index (χ1v) is 9.79. The Kier molecular flexibility index (Phi) is 4.96. The van der Waals surface area contributed by atoms with Crippen molar-refractivity contribution in [2.75, 3.05) is 18.4 Å². The Balaban J connectivity index is 1.45. The lowest BCUT2D eigenvalue weighted by atomic mass is 10.1. The highest BCUT2D eigenvalue weighted by molar-refractivity contribution is 7.10. The van der Waals surface area contributed by atoms with Crippen LogP contribution in [0.4, 0.5) is 5.69 Å². The van der Waals surface area contributed by atoms with E-state index in [4.69, 9.17) is 11.6 Å². The number of nitrogens with zero attached hydrogens (tertiary/aromatic N) is 3. The summed E-state index contributed by atoms with van der Waals surface area (Å²) in [6.45, 7) is 1.40. The van der Waals surface area contributed by atoms with E-state index in [1.54, 1.807) is 23.5 Å². The fourth-order valence-electron chi connectivity index (χ4n) is 3.05. The van der Waals surface area contributed by atoms with Crippen molar-refractivity contribution < 1.29 is 4.79 Å². The van der Waals surface area contributed by atoms with Gasteiger partial charge >= 0.3 is 0 Å². The van der Waals surface area contributed by atoms with E-state index < -0.39 is 5.56 Å². The third-order valence-corrected chi connectivity index (χ3v) is 5.90. The summed E-state index contributed by atoms with van der Waals surface area (Å²) >= 11 is 7.95. The molecule has 3 heterocycles. The minimum Gasteiger partial charge on any atom is -0.373 e. The van der Waals surface area contributed by atoms with E-state index in [0.29, 0.717) is 24.5 Å². The monoisotopic (exact) mass is 400 g/mol. The third-order valence-electron chi connectivity index (χ3n) is 4.51. The highest BCUT2D eigenvalue weighted by Gasteiger charge is 2.21. The second-order valence-corrected chi connectivity index (χ2v) is 7.59. The van der Waals surface area contributed by atoms with Crippen molar-refractivity contribution in [1.29, 1.82) is 0 Å². The predicted molar refractivity (Wildman–Crippen MR) is 107 cm³/mol. The first-order chi connectivity index (χ1) is 13.1. The highest BCUT2D eigenvalue weighted by atomic mass is 35.5. The lowest BCUT2D eigenvalue weighted by Gasteiger charge is -2.27. The van der Waals surface area contributed by atoms with E-state index in [2.05, 4.69) is 21.9 Å². The van der Waals surface area contributed by atoms with Crippen LogP contribution >= 0.6 is 22.9 Å². The average molecular weight is 401 g/mol. The zero-order chi connectivity index (χ0) is 18.8. The summed E-state index contributed by atoms with van der Waals surface area (Å²) < 4.78 is 1.23. The maximum atomic E-state index is 12.5. The largest absolute Gasteiger partial charge is 0.373 e. The number of carbonyl (C=O) groups is 1. The molecule has 0 unspecified atom stereocenters. The fourth-order valence-corrected chi connectivity index (χ4v) is 4.14. The van der Waals surface area contributed by atoms with E-state index in [0.717, 1.165) is 6.42 Å². The van der Waals surface area contributed by atoms with E-state index in [1.165, 1.54) is 21.3 Å². The minimum atomic E-state index is -0.429. The summed E-state index contributed by atoms with van der Waals surface area (Å²) in [7, 11) is 0. The number of nitrogens with one attached hydrogen (secondary N) is 1. The molecule has 0 radical (unpaired) electrons. The van der Waals surface area contributed by atoms with Crippen LogP contribution in [0.2, 0.25) is 5.02 Å². The number of hydrogen-bond donors (Lipinski definition) is 1. The second-order valence-electron chi connectivity index (χ2n) is 6.21. The maximum absolute atomic E-state index is 12.5. The zero-order valence-electron chi connectivity index (χ0n) is 14.4. The molecule has 0 spiro atoms. The maximum Gasteiger partial charge on any atom is 0.292 e. The molecule has 1 aliphatic heterocycles. The van der Waals surface area contributed by atoms with Crippen molar-refractivity contribution >= 4 is 34.5 Å². The molecule has 2 aromatic heterocycles. The van der Waals surface area contributed by atoms with Gasteiger partial charge in [-0.2, -0.15) is 9.78 Å². The van der Waals surface area contributed by atoms with Crippen LogP contribution in [0.15, 0.2) is 52.8 Å². The van der Waals surface area contributed by atoms with Gasteiger partial charge in [0.05, 0.1) is 24.1 Å². The summed E-state index contributed by atoms with van der Waals surface area (Å²) in [5.41, 5.74) is 1.77. The first-order valence-electron chi connectivity index (χ1n) is 8.53. The fraction of sp³-hybridized carbons (Fsp3) is 0.211. The summed E-state index contributed by atoms with van der Waals surface area (Å²) in [6, 6.07) is 11.1. The van der Waals surface area contributed by atoms with Gasteiger partial charge in [-0.25, -0.2) is 0 Å². The molecule has 8 heteroatoms. The number of anilines is 1. The van der Waals surface area contributed by atoms with Crippen LogP contribution in [0, 0.1) is 0 Å². The van der Waals surface area contributed by atoms with Crippen LogP contribution in [0.5, 0.6) is 0 Å². The number of fused-ring (bicyclic) bond motifs is 1. The number of hydrogen-bond acceptors (Lipinski definition) is 5. The predicted octanol–water partition coefficient (Wildman–Crippen LogP) is 2.94. The lowest BCUT2D eigenvalue weighted by Crippen LogP contribution is -2.39. The summed E-state index contributed by atoms with van der Waals surface area (Å²) in [5, 5.41) is 9.18. The van der Waals surface area contributed by atoms with Crippen LogP contribution in [0.25, 0.3) is 5.69 Å². The molecule has 0 aliphatic carbocycles. The van der Waals surface area contributed by atoms with Gasteiger partial charge in [0.2, 0.25) is 5.91 Å². The van der Waals surface area contributed by atoms with Crippen LogP contribution < -0.4 is 10.9 Å². The Morgan fingerprint density at radius 3 is 2.89 bits per heavy atom. The molecule has 0 saturated heterocycles. The molecule has 3 aromatic rings. The first kappa shape index (κ1) is 17.8. The zero-order valence-corrected chi connectivity index (χ0v) is 16.0. The molecule has 27 heavy (non-hydrogen) atoms. The molecule has 0 atom stereocenters. The number of halogens is 1. The quantitative estimate of drug-likeness (QED) is 0.731. The molecule has 0 bridgehead atoms. The van der Waals surface area contributed by atoms with Gasteiger partial charge in [-0.15, -0.1) is 11.3 Å². The molecule has 1 aromatic carbocycles. The van der Waals surface area contributed by atoms with E-state index in [-0.39, 0.29) is 17.5 Å². The van der Waals surface area contributed by atoms with Gasteiger partial charge in [0.1, 0.15) is 5.02 Å². The van der Waals surface area contributed by atoms with Crippen LogP contribution in [0.3, 0.4) is 0 Å². The van der Waals surface area contributed by atoms with Crippen molar-refractivity contribution in [3.05, 3.63) is 73.8 Å². The number of amides is 1. The van der Waals surface area contributed by atoms with E-state index in [9.17, 15) is 9.59 Å². The Bertz CT molecular complexity index is 1030. The minimum absolute atomic E-state index is 0.0143. The molecule has 0 saturated carbocycles. The summed E-state index contributed by atoms with van der Waals surface area (Å²) in [5.74, 6) is -0.0323. The second kappa shape index (κ2) is 7.54. The molecule has 1 amide bonds. The van der Waals surface area contributed by atoms with Crippen molar-refractivity contribution in [1.82, 2.24) is 14.7 Å². The number of aromatic nitrogens is 2. The molecular weight excluding hydrogens is 384 g/mol. The van der Waals surface area contributed by atoms with Crippen molar-refractivity contribution in [3.8, 4) is 5.69 Å². The highest BCUT2D eigenvalue weighted by Crippen LogP contribution is 2.24. The van der Waals surface area contributed by atoms with E-state index >= 15 is 0 Å². The lowest BCUT2D eigenvalue weighted by molar-refractivity contribution is -0.130. The molecule has 1 aliphatic rings. The van der Waals surface area contributed by atoms with Crippen molar-refractivity contribution in [3.63, 3.8) is 0 Å². The number of benzene rings is 1. The Morgan fingerprint density at radius 2 is 2.07 bits per heavy atom. The summed E-state index contributed by atoms with van der Waals surface area (Å²) in [4.78, 5) is 28.2. The molecule has 138 valence electrons. The third kappa shape index (κ3) is 3.61. The van der Waals surface area contributed by atoms with Gasteiger partial charge in [-0.05, 0) is 35.6 Å². The Hall–Kier alpha value is -2.64. The number of thiophene rings is 1. The average Bonchev–Trinajstić information content (AvgIpc) is 3.17. The van der Waals surface area contributed by atoms with Gasteiger partial charge in [-0.1, -0.05) is 29.8 Å². The van der Waals surface area contributed by atoms with Crippen molar-refractivity contribution in [2.45, 2.75) is 13.0 Å². The summed E-state index contributed by atoms with van der Waals surface area (Å²) in [6.07, 6.45) is 2.35. The number of para-hydroxylation sites is 1. The Morgan fingerprint density at radius 1 is 1.26 bits per heavy atom. The standard InChI is InChI=1S/C19H17ClN4O2S/c20-18-15(10-22-24(19(18)26)14-4-2-1-3-5-14)21-11-17(25)23-8-6-16-13(12-23)7-9-27-16/h1-5,7,9-10,21H,6,8,11-12H2. The molecule has 4 rings (SSSR count). The number of carbonyl (C=O) groups excluding carboxylic acids is 1. The van der Waals surface area contributed by atoms with Crippen LogP contribution in [0.1, 0.15) is 10.4 Å². The van der Waals surface area contributed by atoms with Gasteiger partial charge < -0.3 is 10.2 Å². The van der Waals surface area contributed by atoms with Crippen molar-refractivity contribution in [2.24, 2.45) is 0 Å². The van der Waals surface area contributed by atoms with Crippen LogP contribution in [-0.2, 0) is 17.8 Å². The number of rotatable bonds is 4. The Labute approximate surface area is 165 Å². The molecule has 1 N–H and O–H groups in total. The topological polar surface area (TPSA) is 67.2 Å². The normalized spacial score (nSPS) is 13.3. The molecule has 6 nitrogen and oxygen atoms in total. The van der Waals surface area contributed by atoms with Gasteiger partial charge in [0, 0.05) is 18.0 Å². The van der Waals surface area contributed by atoms with E-state index in [1.807, 2.05) is 23.1 Å². The molecular formula is C19H17ClN4O2S. The smallest absolute Gasteiger partial charge is 0.292 e. The van der Waals surface area contributed by atoms with Gasteiger partial charge in [-0.3, -0.25) is 9.59 Å². The SMILES string of the molecule is O=C(CNc1cnn(-c2ccccc2)c(=O)c1Cl)N1CCc2sccc2C1. The van der Waals surface area contributed by atoms with Crippen LogP contribution in [-0.4, -0.2) is 33.7 Å². The molecule has 0 fully saturated rings.